The first kappa shape index (κ1) is 21.6. The van der Waals surface area contributed by atoms with Crippen molar-refractivity contribution in [3.8, 4) is 0 Å². The van der Waals surface area contributed by atoms with Gasteiger partial charge in [0.15, 0.2) is 5.16 Å². The second-order valence-corrected chi connectivity index (χ2v) is 7.90. The monoisotopic (exact) mass is 460 g/mol. The molecule has 1 aliphatic heterocycles. The van der Waals surface area contributed by atoms with Crippen molar-refractivity contribution in [1.82, 2.24) is 9.97 Å². The van der Waals surface area contributed by atoms with Crippen LogP contribution in [-0.2, 0) is 15.3 Å². The Kier molecular flexibility index (Phi) is 5.99. The SMILES string of the molecule is O=C1C[C@H](C(=O)Nc2ccc(F)cc2F)c2c(nc(SCc3ccccc3F)[nH]c2=O)N1. The lowest BCUT2D eigenvalue weighted by molar-refractivity contribution is -0.123. The van der Waals surface area contributed by atoms with E-state index in [1.807, 2.05) is 0 Å². The number of rotatable bonds is 5. The highest BCUT2D eigenvalue weighted by Gasteiger charge is 2.35. The molecule has 0 bridgehead atoms. The zero-order chi connectivity index (χ0) is 22.8. The predicted octanol–water partition coefficient (Wildman–Crippen LogP) is 3.54. The zero-order valence-corrected chi connectivity index (χ0v) is 17.1. The molecule has 11 heteroatoms. The van der Waals surface area contributed by atoms with Crippen molar-refractivity contribution in [3.05, 3.63) is 81.4 Å². The molecule has 4 rings (SSSR count). The molecule has 0 spiro atoms. The zero-order valence-electron chi connectivity index (χ0n) is 16.2. The smallest absolute Gasteiger partial charge is 0.257 e. The third kappa shape index (κ3) is 4.52. The van der Waals surface area contributed by atoms with Crippen LogP contribution in [0.25, 0.3) is 0 Å². The molecule has 7 nitrogen and oxygen atoms in total. The lowest BCUT2D eigenvalue weighted by Gasteiger charge is -2.23. The number of aromatic nitrogens is 2. The Morgan fingerprint density at radius 3 is 2.66 bits per heavy atom. The Morgan fingerprint density at radius 1 is 1.12 bits per heavy atom. The average molecular weight is 460 g/mol. The van der Waals surface area contributed by atoms with E-state index in [9.17, 15) is 27.6 Å². The maximum Gasteiger partial charge on any atom is 0.257 e. The molecular weight excluding hydrogens is 445 g/mol. The third-order valence-electron chi connectivity index (χ3n) is 4.76. The van der Waals surface area contributed by atoms with Gasteiger partial charge < -0.3 is 15.6 Å². The van der Waals surface area contributed by atoms with E-state index in [0.717, 1.165) is 23.9 Å². The number of nitrogens with zero attached hydrogens (tertiary/aromatic N) is 1. The van der Waals surface area contributed by atoms with Gasteiger partial charge in [-0.15, -0.1) is 0 Å². The number of carbonyl (C=O) groups is 2. The molecule has 0 fully saturated rings. The molecular formula is C21H15F3N4O3S. The van der Waals surface area contributed by atoms with Crippen LogP contribution in [0, 0.1) is 17.5 Å². The standard InChI is InChI=1S/C21H15F3N4O3S/c22-11-5-6-15(14(24)7-11)25-19(30)12-8-16(29)26-18-17(12)20(31)28-21(27-18)32-9-10-3-1-2-4-13(10)23/h1-7,12H,8-9H2,(H,25,30)(H2,26,27,28,29,31)/t12-/m0/s1. The van der Waals surface area contributed by atoms with E-state index in [1.54, 1.807) is 18.2 Å². The maximum atomic E-state index is 13.9. The number of thioether (sulfide) groups is 1. The molecule has 0 saturated heterocycles. The number of carbonyl (C=O) groups excluding carboxylic acids is 2. The van der Waals surface area contributed by atoms with Crippen LogP contribution in [-0.4, -0.2) is 21.8 Å². The Bertz CT molecular complexity index is 1280. The van der Waals surface area contributed by atoms with Crippen LogP contribution in [0.4, 0.5) is 24.7 Å². The van der Waals surface area contributed by atoms with E-state index < -0.39 is 40.7 Å². The number of hydrogen-bond acceptors (Lipinski definition) is 5. The molecule has 2 amide bonds. The maximum absolute atomic E-state index is 13.9. The van der Waals surface area contributed by atoms with Crippen molar-refractivity contribution >= 4 is 35.1 Å². The lowest BCUT2D eigenvalue weighted by Crippen LogP contribution is -2.36. The van der Waals surface area contributed by atoms with Gasteiger partial charge in [0.1, 0.15) is 23.3 Å². The molecule has 0 radical (unpaired) electrons. The van der Waals surface area contributed by atoms with Crippen LogP contribution in [0.2, 0.25) is 0 Å². The van der Waals surface area contributed by atoms with Crippen LogP contribution in [0.15, 0.2) is 52.4 Å². The fourth-order valence-corrected chi connectivity index (χ4v) is 4.06. The summed E-state index contributed by atoms with van der Waals surface area (Å²) in [6, 6.07) is 8.74. The van der Waals surface area contributed by atoms with Gasteiger partial charge in [0.2, 0.25) is 11.8 Å². The minimum atomic E-state index is -1.23. The lowest BCUT2D eigenvalue weighted by atomic mass is 9.92. The van der Waals surface area contributed by atoms with Gasteiger partial charge in [-0.05, 0) is 23.8 Å². The molecule has 3 N–H and O–H groups in total. The molecule has 2 heterocycles. The van der Waals surface area contributed by atoms with Gasteiger partial charge in [-0.25, -0.2) is 18.2 Å². The minimum absolute atomic E-state index is 0.0835. The fraction of sp³-hybridized carbons (Fsp3) is 0.143. The van der Waals surface area contributed by atoms with E-state index in [0.29, 0.717) is 11.6 Å². The highest BCUT2D eigenvalue weighted by Crippen LogP contribution is 2.31. The minimum Gasteiger partial charge on any atom is -0.323 e. The van der Waals surface area contributed by atoms with Gasteiger partial charge in [-0.2, -0.15) is 0 Å². The third-order valence-corrected chi connectivity index (χ3v) is 5.68. The number of nitrogens with one attached hydrogen (secondary N) is 3. The molecule has 1 aromatic heterocycles. The highest BCUT2D eigenvalue weighted by molar-refractivity contribution is 7.98. The molecule has 0 aliphatic carbocycles. The number of aromatic amines is 1. The van der Waals surface area contributed by atoms with Gasteiger partial charge in [-0.3, -0.25) is 14.4 Å². The summed E-state index contributed by atoms with van der Waals surface area (Å²) in [5.41, 5.74) is -0.628. The largest absolute Gasteiger partial charge is 0.323 e. The van der Waals surface area contributed by atoms with Gasteiger partial charge >= 0.3 is 0 Å². The van der Waals surface area contributed by atoms with Crippen molar-refractivity contribution < 1.29 is 22.8 Å². The topological polar surface area (TPSA) is 104 Å². The molecule has 2 aromatic carbocycles. The first-order valence-electron chi connectivity index (χ1n) is 9.38. The van der Waals surface area contributed by atoms with Crippen molar-refractivity contribution in [2.24, 2.45) is 0 Å². The molecule has 3 aromatic rings. The van der Waals surface area contributed by atoms with Crippen LogP contribution < -0.4 is 16.2 Å². The molecule has 164 valence electrons. The van der Waals surface area contributed by atoms with Gasteiger partial charge in [0.25, 0.3) is 5.56 Å². The molecule has 1 atom stereocenters. The van der Waals surface area contributed by atoms with Crippen molar-refractivity contribution in [1.29, 1.82) is 0 Å². The van der Waals surface area contributed by atoms with Crippen LogP contribution in [0.3, 0.4) is 0 Å². The van der Waals surface area contributed by atoms with Crippen molar-refractivity contribution in [3.63, 3.8) is 0 Å². The highest BCUT2D eigenvalue weighted by atomic mass is 32.2. The number of anilines is 2. The van der Waals surface area contributed by atoms with E-state index in [-0.39, 0.29) is 34.4 Å². The first-order chi connectivity index (χ1) is 15.3. The normalized spacial score (nSPS) is 15.1. The number of fused-ring (bicyclic) bond motifs is 1. The second-order valence-electron chi connectivity index (χ2n) is 6.93. The van der Waals surface area contributed by atoms with Crippen molar-refractivity contribution in [2.45, 2.75) is 23.2 Å². The Hall–Kier alpha value is -3.60. The van der Waals surface area contributed by atoms with E-state index in [2.05, 4.69) is 20.6 Å². The average Bonchev–Trinajstić information content (AvgIpc) is 2.74. The number of H-pyrrole nitrogens is 1. The summed E-state index contributed by atoms with van der Waals surface area (Å²) in [6.45, 7) is 0. The first-order valence-corrected chi connectivity index (χ1v) is 10.4. The molecule has 32 heavy (non-hydrogen) atoms. The Balaban J connectivity index is 1.59. The van der Waals surface area contributed by atoms with E-state index in [4.69, 9.17) is 0 Å². The van der Waals surface area contributed by atoms with Crippen LogP contribution >= 0.6 is 11.8 Å². The molecule has 1 aliphatic rings. The molecule has 0 unspecified atom stereocenters. The van der Waals surface area contributed by atoms with Gasteiger partial charge in [-0.1, -0.05) is 30.0 Å². The number of hydrogen-bond donors (Lipinski definition) is 3. The predicted molar refractivity (Wildman–Crippen MR) is 112 cm³/mol. The van der Waals surface area contributed by atoms with Crippen LogP contribution in [0.1, 0.15) is 23.5 Å². The Labute approximate surface area is 183 Å². The number of halogens is 3. The van der Waals surface area contributed by atoms with Gasteiger partial charge in [0, 0.05) is 18.2 Å². The summed E-state index contributed by atoms with van der Waals surface area (Å²) in [6.07, 6.45) is -0.353. The van der Waals surface area contributed by atoms with E-state index >= 15 is 0 Å². The van der Waals surface area contributed by atoms with Crippen LogP contribution in [0.5, 0.6) is 0 Å². The summed E-state index contributed by atoms with van der Waals surface area (Å²) in [4.78, 5) is 44.3. The number of benzene rings is 2. The summed E-state index contributed by atoms with van der Waals surface area (Å²) in [5, 5.41) is 4.86. The summed E-state index contributed by atoms with van der Waals surface area (Å²) >= 11 is 1.05. The second kappa shape index (κ2) is 8.87. The van der Waals surface area contributed by atoms with Crippen molar-refractivity contribution in [2.75, 3.05) is 10.6 Å². The quantitative estimate of drug-likeness (QED) is 0.399. The summed E-state index contributed by atoms with van der Waals surface area (Å²) in [7, 11) is 0. The number of amides is 2. The molecule has 0 saturated carbocycles. The summed E-state index contributed by atoms with van der Waals surface area (Å²) < 4.78 is 40.8. The fourth-order valence-electron chi connectivity index (χ4n) is 3.22. The van der Waals surface area contributed by atoms with E-state index in [1.165, 1.54) is 6.07 Å². The van der Waals surface area contributed by atoms with Gasteiger partial charge in [0.05, 0.1) is 17.2 Å². The summed E-state index contributed by atoms with van der Waals surface area (Å²) in [5.74, 6) is -4.74. The Morgan fingerprint density at radius 2 is 1.91 bits per heavy atom.